The summed E-state index contributed by atoms with van der Waals surface area (Å²) in [6.07, 6.45) is 5.94. The highest BCUT2D eigenvalue weighted by atomic mass is 32.2. The molecule has 5 nitrogen and oxygen atoms in total. The van der Waals surface area contributed by atoms with Crippen molar-refractivity contribution >= 4 is 39.2 Å². The molecular weight excluding hydrogens is 419 g/mol. The predicted octanol–water partition coefficient (Wildman–Crippen LogP) is 5.32. The van der Waals surface area contributed by atoms with E-state index in [-0.39, 0.29) is 11.7 Å². The molecule has 8 heteroatoms. The first-order valence-corrected chi connectivity index (χ1v) is 11.6. The van der Waals surface area contributed by atoms with Crippen molar-refractivity contribution in [3.8, 4) is 16.5 Å². The second-order valence-electron chi connectivity index (χ2n) is 7.51. The minimum atomic E-state index is -0.746. The van der Waals surface area contributed by atoms with Gasteiger partial charge in [-0.1, -0.05) is 43.2 Å². The summed E-state index contributed by atoms with van der Waals surface area (Å²) in [7, 11) is 0. The van der Waals surface area contributed by atoms with Crippen LogP contribution in [-0.4, -0.2) is 26.7 Å². The number of hydrogen-bond acceptors (Lipinski definition) is 6. The molecule has 1 aromatic carbocycles. The number of halogens is 1. The number of aromatic nitrogens is 2. The van der Waals surface area contributed by atoms with Gasteiger partial charge >= 0.3 is 0 Å². The standard InChI is InChI=1S/C22H21FN4OS2/c1-14(20(28)27-22(12-24)9-3-2-4-10-22)29-21-19-17(25-13-26-21)11-18(30-19)15-5-7-16(23)8-6-15/h5-8,11,13-14H,2-4,9-10H2,1H3,(H,27,28). The van der Waals surface area contributed by atoms with E-state index in [9.17, 15) is 14.4 Å². The third-order valence-electron chi connectivity index (χ3n) is 5.35. The second-order valence-corrected chi connectivity index (χ2v) is 9.90. The van der Waals surface area contributed by atoms with E-state index < -0.39 is 10.8 Å². The molecule has 154 valence electrons. The van der Waals surface area contributed by atoms with Crippen LogP contribution in [0.25, 0.3) is 20.7 Å². The Balaban J connectivity index is 1.53. The van der Waals surface area contributed by atoms with Gasteiger partial charge in [0.15, 0.2) is 0 Å². The first-order chi connectivity index (χ1) is 14.5. The highest BCUT2D eigenvalue weighted by Gasteiger charge is 2.35. The van der Waals surface area contributed by atoms with Gasteiger partial charge in [-0.3, -0.25) is 4.79 Å². The third kappa shape index (κ3) is 4.32. The number of nitrogens with one attached hydrogen (secondary N) is 1. The molecule has 1 unspecified atom stereocenters. The molecule has 4 rings (SSSR count). The SMILES string of the molecule is CC(Sc1ncnc2cc(-c3ccc(F)cc3)sc12)C(=O)NC1(C#N)CCCCC1. The van der Waals surface area contributed by atoms with Gasteiger partial charge in [-0.25, -0.2) is 14.4 Å². The zero-order chi connectivity index (χ0) is 21.1. The predicted molar refractivity (Wildman–Crippen MR) is 118 cm³/mol. The largest absolute Gasteiger partial charge is 0.337 e. The van der Waals surface area contributed by atoms with Crippen LogP contribution in [0.1, 0.15) is 39.0 Å². The fourth-order valence-corrected chi connectivity index (χ4v) is 5.74. The van der Waals surface area contributed by atoms with Crippen molar-refractivity contribution in [2.45, 2.75) is 54.8 Å². The summed E-state index contributed by atoms with van der Waals surface area (Å²) in [5.74, 6) is -0.422. The summed E-state index contributed by atoms with van der Waals surface area (Å²) in [4.78, 5) is 22.5. The van der Waals surface area contributed by atoms with Crippen molar-refractivity contribution < 1.29 is 9.18 Å². The van der Waals surface area contributed by atoms with Crippen molar-refractivity contribution in [2.24, 2.45) is 0 Å². The smallest absolute Gasteiger partial charge is 0.234 e. The highest BCUT2D eigenvalue weighted by molar-refractivity contribution is 8.00. The summed E-state index contributed by atoms with van der Waals surface area (Å²) in [6.45, 7) is 1.83. The molecule has 3 aromatic rings. The summed E-state index contributed by atoms with van der Waals surface area (Å²) in [6, 6.07) is 10.6. The van der Waals surface area contributed by atoms with E-state index in [4.69, 9.17) is 0 Å². The van der Waals surface area contributed by atoms with E-state index in [1.54, 1.807) is 12.1 Å². The number of nitrogens with zero attached hydrogens (tertiary/aromatic N) is 3. The molecule has 0 aliphatic heterocycles. The van der Waals surface area contributed by atoms with Crippen LogP contribution in [0.2, 0.25) is 0 Å². The van der Waals surface area contributed by atoms with Gasteiger partial charge in [0, 0.05) is 4.88 Å². The van der Waals surface area contributed by atoms with Gasteiger partial charge in [-0.2, -0.15) is 5.26 Å². The molecule has 0 saturated heterocycles. The number of benzene rings is 1. The van der Waals surface area contributed by atoms with E-state index in [1.807, 2.05) is 13.0 Å². The van der Waals surface area contributed by atoms with Crippen molar-refractivity contribution in [3.63, 3.8) is 0 Å². The number of nitriles is 1. The Hall–Kier alpha value is -2.50. The lowest BCUT2D eigenvalue weighted by atomic mass is 9.83. The number of carbonyl (C=O) groups is 1. The van der Waals surface area contributed by atoms with E-state index >= 15 is 0 Å². The Kier molecular flexibility index (Phi) is 6.02. The van der Waals surface area contributed by atoms with Crippen LogP contribution in [-0.2, 0) is 4.79 Å². The monoisotopic (exact) mass is 440 g/mol. The lowest BCUT2D eigenvalue weighted by Gasteiger charge is -2.32. The summed E-state index contributed by atoms with van der Waals surface area (Å²) >= 11 is 2.89. The Morgan fingerprint density at radius 2 is 2.00 bits per heavy atom. The van der Waals surface area contributed by atoms with Gasteiger partial charge < -0.3 is 5.32 Å². The number of amides is 1. The third-order valence-corrected chi connectivity index (χ3v) is 7.76. The van der Waals surface area contributed by atoms with Crippen LogP contribution < -0.4 is 5.32 Å². The van der Waals surface area contributed by atoms with E-state index in [2.05, 4.69) is 21.4 Å². The molecule has 0 spiro atoms. The molecule has 1 saturated carbocycles. The van der Waals surface area contributed by atoms with Crippen molar-refractivity contribution in [1.29, 1.82) is 5.26 Å². The van der Waals surface area contributed by atoms with Crippen LogP contribution in [0.4, 0.5) is 4.39 Å². The Morgan fingerprint density at radius 1 is 1.27 bits per heavy atom. The molecule has 1 N–H and O–H groups in total. The van der Waals surface area contributed by atoms with Gasteiger partial charge in [0.25, 0.3) is 0 Å². The molecule has 1 aliphatic rings. The van der Waals surface area contributed by atoms with E-state index in [0.717, 1.165) is 44.9 Å². The number of hydrogen-bond donors (Lipinski definition) is 1. The topological polar surface area (TPSA) is 78.7 Å². The molecular formula is C22H21FN4OS2. The average Bonchev–Trinajstić information content (AvgIpc) is 3.20. The van der Waals surface area contributed by atoms with Crippen LogP contribution >= 0.6 is 23.1 Å². The zero-order valence-corrected chi connectivity index (χ0v) is 18.2. The van der Waals surface area contributed by atoms with E-state index in [0.29, 0.717) is 12.8 Å². The summed E-state index contributed by atoms with van der Waals surface area (Å²) in [5.41, 5.74) is 0.962. The normalized spacial score (nSPS) is 16.7. The average molecular weight is 441 g/mol. The van der Waals surface area contributed by atoms with Crippen molar-refractivity contribution in [1.82, 2.24) is 15.3 Å². The lowest BCUT2D eigenvalue weighted by Crippen LogP contribution is -2.50. The van der Waals surface area contributed by atoms with Crippen LogP contribution in [0.5, 0.6) is 0 Å². The van der Waals surface area contributed by atoms with Gasteiger partial charge in [0.1, 0.15) is 22.7 Å². The zero-order valence-electron chi connectivity index (χ0n) is 16.5. The van der Waals surface area contributed by atoms with Gasteiger partial charge in [0.2, 0.25) is 5.91 Å². The van der Waals surface area contributed by atoms with Crippen molar-refractivity contribution in [2.75, 3.05) is 0 Å². The molecule has 0 radical (unpaired) electrons. The van der Waals surface area contributed by atoms with Crippen LogP contribution in [0.3, 0.4) is 0 Å². The Labute approximate surface area is 182 Å². The lowest BCUT2D eigenvalue weighted by molar-refractivity contribution is -0.121. The molecule has 1 aliphatic carbocycles. The molecule has 2 aromatic heterocycles. The highest BCUT2D eigenvalue weighted by Crippen LogP contribution is 2.38. The van der Waals surface area contributed by atoms with Gasteiger partial charge in [-0.15, -0.1) is 11.3 Å². The van der Waals surface area contributed by atoms with Crippen LogP contribution in [0, 0.1) is 17.1 Å². The van der Waals surface area contributed by atoms with E-state index in [1.165, 1.54) is 41.6 Å². The van der Waals surface area contributed by atoms with Gasteiger partial charge in [-0.05, 0) is 43.5 Å². The maximum atomic E-state index is 13.2. The first-order valence-electron chi connectivity index (χ1n) is 9.90. The fraction of sp³-hybridized carbons (Fsp3) is 0.364. The first kappa shape index (κ1) is 20.8. The number of rotatable bonds is 5. The second kappa shape index (κ2) is 8.70. The number of thioether (sulfide) groups is 1. The quantitative estimate of drug-likeness (QED) is 0.429. The maximum absolute atomic E-state index is 13.2. The summed E-state index contributed by atoms with van der Waals surface area (Å²) in [5, 5.41) is 12.9. The molecule has 1 atom stereocenters. The minimum absolute atomic E-state index is 0.148. The van der Waals surface area contributed by atoms with Gasteiger partial charge in [0.05, 0.1) is 21.5 Å². The molecule has 0 bridgehead atoms. The number of thiophene rings is 1. The number of carbonyl (C=O) groups excluding carboxylic acids is 1. The molecule has 30 heavy (non-hydrogen) atoms. The minimum Gasteiger partial charge on any atom is -0.337 e. The van der Waals surface area contributed by atoms with Crippen molar-refractivity contribution in [3.05, 3.63) is 42.5 Å². The molecule has 2 heterocycles. The number of fused-ring (bicyclic) bond motifs is 1. The Morgan fingerprint density at radius 3 is 2.70 bits per heavy atom. The maximum Gasteiger partial charge on any atom is 0.234 e. The summed E-state index contributed by atoms with van der Waals surface area (Å²) < 4.78 is 14.1. The molecule has 1 amide bonds. The fourth-order valence-electron chi connectivity index (χ4n) is 3.65. The van der Waals surface area contributed by atoms with Crippen LogP contribution in [0.15, 0.2) is 41.7 Å². The molecule has 1 fully saturated rings. The Bertz CT molecular complexity index is 1100.